The third-order valence-electron chi connectivity index (χ3n) is 8.61. The minimum Gasteiger partial charge on any atom is -0.485 e. The second kappa shape index (κ2) is 12.3. The van der Waals surface area contributed by atoms with Gasteiger partial charge in [-0.1, -0.05) is 5.16 Å². The van der Waals surface area contributed by atoms with Crippen molar-refractivity contribution in [3.05, 3.63) is 40.4 Å². The summed E-state index contributed by atoms with van der Waals surface area (Å²) in [5, 5.41) is 30.1. The lowest BCUT2D eigenvalue weighted by Gasteiger charge is -2.50. The van der Waals surface area contributed by atoms with Gasteiger partial charge in [0.1, 0.15) is 23.3 Å². The number of carbonyl (C=O) groups is 3. The highest BCUT2D eigenvalue weighted by molar-refractivity contribution is 7.80. The van der Waals surface area contributed by atoms with E-state index in [0.717, 1.165) is 29.7 Å². The summed E-state index contributed by atoms with van der Waals surface area (Å²) in [5.41, 5.74) is 8.64. The van der Waals surface area contributed by atoms with Crippen molar-refractivity contribution in [2.75, 3.05) is 5.73 Å². The predicted octanol–water partition coefficient (Wildman–Crippen LogP) is 0.318. The number of β-lactam (4-membered cyclic amide) rings is 1. The Morgan fingerprint density at radius 3 is 2.54 bits per heavy atom. The van der Waals surface area contributed by atoms with E-state index in [1.54, 1.807) is 18.2 Å². The number of carbonyl (C=O) groups excluding carboxylic acids is 2. The molecule has 18 nitrogen and oxygen atoms in total. The fourth-order valence-corrected chi connectivity index (χ4v) is 6.90. The zero-order valence-electron chi connectivity index (χ0n) is 26.3. The SMILES string of the molecule is CC1(C)[C@H](NC(=O)/C(=N\O[C@](C)(C(=O)O)[C@H]2CCc3cc(C(=N)N[C@]4(C)C[C@H](N)C4)ccc3O2)c2csc(N)n2)C(=O)N1OS(=O)(=O)O. The number of nitrogens with zero attached hydrogens (tertiary/aromatic N) is 3. The Kier molecular flexibility index (Phi) is 8.93. The van der Waals surface area contributed by atoms with Crippen LogP contribution in [0.5, 0.6) is 5.75 Å². The number of oxime groups is 1. The molecule has 9 N–H and O–H groups in total. The van der Waals surface area contributed by atoms with Crippen molar-refractivity contribution in [2.24, 2.45) is 10.9 Å². The summed E-state index contributed by atoms with van der Waals surface area (Å²) in [6.45, 7) is 5.98. The Balaban J connectivity index is 1.34. The van der Waals surface area contributed by atoms with Crippen LogP contribution in [0.2, 0.25) is 0 Å². The number of hydroxylamine groups is 2. The number of thiazole rings is 1. The van der Waals surface area contributed by atoms with E-state index in [2.05, 4.69) is 25.1 Å². The molecular weight excluding hydrogens is 672 g/mol. The van der Waals surface area contributed by atoms with Gasteiger partial charge < -0.3 is 36.8 Å². The van der Waals surface area contributed by atoms with E-state index in [0.29, 0.717) is 22.8 Å². The van der Waals surface area contributed by atoms with Crippen LogP contribution in [0.4, 0.5) is 5.13 Å². The van der Waals surface area contributed by atoms with E-state index in [4.69, 9.17) is 31.0 Å². The number of hydrogen-bond donors (Lipinski definition) is 7. The number of aliphatic carboxylic acids is 1. The van der Waals surface area contributed by atoms with Gasteiger partial charge in [0, 0.05) is 22.5 Å². The van der Waals surface area contributed by atoms with Crippen molar-refractivity contribution < 1.29 is 46.3 Å². The third kappa shape index (κ3) is 6.79. The largest absolute Gasteiger partial charge is 0.485 e. The van der Waals surface area contributed by atoms with Crippen LogP contribution in [0.1, 0.15) is 63.8 Å². The third-order valence-corrected chi connectivity index (χ3v) is 9.62. The fraction of sp³-hybridized carbons (Fsp3) is 0.500. The summed E-state index contributed by atoms with van der Waals surface area (Å²) in [6.07, 6.45) is 0.995. The maximum atomic E-state index is 13.4. The highest BCUT2D eigenvalue weighted by Gasteiger charge is 2.58. The van der Waals surface area contributed by atoms with Crippen molar-refractivity contribution in [1.82, 2.24) is 20.7 Å². The Labute approximate surface area is 279 Å². The number of rotatable bonds is 11. The number of nitrogen functional groups attached to an aromatic ring is 1. The van der Waals surface area contributed by atoms with Crippen LogP contribution in [0.3, 0.4) is 0 Å². The van der Waals surface area contributed by atoms with Gasteiger partial charge in [-0.05, 0) is 77.1 Å². The summed E-state index contributed by atoms with van der Waals surface area (Å²) < 4.78 is 41.7. The molecule has 2 fully saturated rings. The van der Waals surface area contributed by atoms with Gasteiger partial charge >= 0.3 is 16.4 Å². The number of ether oxygens (including phenoxy) is 1. The van der Waals surface area contributed by atoms with Crippen molar-refractivity contribution in [3.63, 3.8) is 0 Å². The van der Waals surface area contributed by atoms with Crippen LogP contribution in [-0.4, -0.2) is 92.3 Å². The lowest BCUT2D eigenvalue weighted by atomic mass is 9.74. The molecular formula is C28H36N8O10S2. The van der Waals surface area contributed by atoms with Gasteiger partial charge in [0.2, 0.25) is 0 Å². The van der Waals surface area contributed by atoms with Crippen LogP contribution in [-0.2, 0) is 40.3 Å². The van der Waals surface area contributed by atoms with Crippen molar-refractivity contribution in [3.8, 4) is 5.75 Å². The van der Waals surface area contributed by atoms with Crippen molar-refractivity contribution in [1.29, 1.82) is 5.41 Å². The molecule has 20 heteroatoms. The molecule has 0 bridgehead atoms. The van der Waals surface area contributed by atoms with Crippen LogP contribution in [0, 0.1) is 5.41 Å². The second-order valence-corrected chi connectivity index (χ2v) is 14.8. The fourth-order valence-electron chi connectivity index (χ4n) is 5.90. The first-order chi connectivity index (χ1) is 22.2. The minimum absolute atomic E-state index is 0.0551. The molecule has 1 aliphatic carbocycles. The van der Waals surface area contributed by atoms with Crippen LogP contribution in [0.15, 0.2) is 28.7 Å². The topological polar surface area (TPSA) is 282 Å². The molecule has 3 atom stereocenters. The van der Waals surface area contributed by atoms with Crippen molar-refractivity contribution >= 4 is 56.2 Å². The molecule has 0 spiro atoms. The molecule has 3 heterocycles. The Hall–Kier alpha value is -4.37. The molecule has 1 aromatic carbocycles. The zero-order valence-corrected chi connectivity index (χ0v) is 28.0. The molecule has 2 amide bonds. The average Bonchev–Trinajstić information content (AvgIpc) is 3.42. The molecule has 1 saturated carbocycles. The van der Waals surface area contributed by atoms with Crippen LogP contribution < -0.4 is 26.8 Å². The number of amides is 2. The number of carboxylic acid groups (broad SMARTS) is 1. The number of nitrogens with two attached hydrogens (primary N) is 2. The lowest BCUT2D eigenvalue weighted by molar-refractivity contribution is -0.218. The molecule has 1 aromatic heterocycles. The molecule has 2 aliphatic heterocycles. The first-order valence-electron chi connectivity index (χ1n) is 14.7. The Bertz CT molecular complexity index is 1810. The predicted molar refractivity (Wildman–Crippen MR) is 170 cm³/mol. The van der Waals surface area contributed by atoms with Gasteiger partial charge in [-0.3, -0.25) is 19.6 Å². The summed E-state index contributed by atoms with van der Waals surface area (Å²) in [6, 6.07) is 3.91. The molecule has 260 valence electrons. The number of carboxylic acids is 1. The minimum atomic E-state index is -5.03. The van der Waals surface area contributed by atoms with Gasteiger partial charge in [-0.25, -0.2) is 9.78 Å². The maximum absolute atomic E-state index is 13.4. The summed E-state index contributed by atoms with van der Waals surface area (Å²) >= 11 is 0.961. The van der Waals surface area contributed by atoms with Gasteiger partial charge in [0.25, 0.3) is 17.4 Å². The zero-order chi connectivity index (χ0) is 35.4. The molecule has 2 aromatic rings. The normalized spacial score (nSPS) is 26.1. The maximum Gasteiger partial charge on any atom is 0.418 e. The van der Waals surface area contributed by atoms with Gasteiger partial charge in [-0.2, -0.15) is 13.5 Å². The average molecular weight is 709 g/mol. The number of aromatic nitrogens is 1. The van der Waals surface area contributed by atoms with E-state index < -0.39 is 57.2 Å². The van der Waals surface area contributed by atoms with Crippen molar-refractivity contribution in [2.45, 2.75) is 88.2 Å². The number of anilines is 1. The van der Waals surface area contributed by atoms with E-state index in [1.165, 1.54) is 26.2 Å². The second-order valence-electron chi connectivity index (χ2n) is 12.9. The summed E-state index contributed by atoms with van der Waals surface area (Å²) in [5.74, 6) is -2.83. The number of aryl methyl sites for hydroxylation is 1. The highest BCUT2D eigenvalue weighted by Crippen LogP contribution is 2.36. The first kappa shape index (κ1) is 35.0. The number of benzene rings is 1. The number of fused-ring (bicyclic) bond motifs is 1. The number of amidine groups is 1. The highest BCUT2D eigenvalue weighted by atomic mass is 32.3. The smallest absolute Gasteiger partial charge is 0.418 e. The molecule has 0 radical (unpaired) electrons. The molecule has 48 heavy (non-hydrogen) atoms. The molecule has 3 aliphatic rings. The standard InChI is InChI=1S/C28H36N8O10S2/c1-26(2)20(23(38)36(26)46-48(41,42)43)33-22(37)19(16-12-47-25(31)32-16)35-45-28(4,24(39)40)18-8-6-13-9-14(5-7-17(13)44-18)21(30)34-27(3)10-15(29)11-27/h5,7,9,12,15,18,20H,6,8,10-11,29H2,1-4H3,(H2,30,34)(H2,31,32)(H,33,37)(H,39,40)(H,41,42,43)/b35-19-/t15-,18-,20-,27+,28+/m1/s1. The van der Waals surface area contributed by atoms with Crippen LogP contribution in [0.25, 0.3) is 0 Å². The quantitative estimate of drug-likeness (QED) is 0.0544. The number of hydrogen-bond acceptors (Lipinski definition) is 14. The number of nitrogens with one attached hydrogen (secondary N) is 3. The lowest BCUT2D eigenvalue weighted by Crippen LogP contribution is -2.76. The van der Waals surface area contributed by atoms with Crippen LogP contribution >= 0.6 is 11.3 Å². The van der Waals surface area contributed by atoms with E-state index >= 15 is 0 Å². The van der Waals surface area contributed by atoms with Gasteiger partial charge in [0.05, 0.1) is 5.54 Å². The van der Waals surface area contributed by atoms with Gasteiger partial charge in [-0.15, -0.1) is 15.6 Å². The molecule has 5 rings (SSSR count). The Morgan fingerprint density at radius 2 is 1.98 bits per heavy atom. The van der Waals surface area contributed by atoms with E-state index in [-0.39, 0.29) is 34.7 Å². The molecule has 1 saturated heterocycles. The van der Waals surface area contributed by atoms with E-state index in [1.807, 2.05) is 6.92 Å². The monoisotopic (exact) mass is 708 g/mol. The summed E-state index contributed by atoms with van der Waals surface area (Å²) in [4.78, 5) is 48.3. The molecule has 0 unspecified atom stereocenters. The first-order valence-corrected chi connectivity index (χ1v) is 16.9. The Morgan fingerprint density at radius 1 is 1.29 bits per heavy atom. The van der Waals surface area contributed by atoms with Gasteiger partial charge in [0.15, 0.2) is 16.9 Å². The summed E-state index contributed by atoms with van der Waals surface area (Å²) in [7, 11) is -5.03. The van der Waals surface area contributed by atoms with E-state index in [9.17, 15) is 27.9 Å².